The van der Waals surface area contributed by atoms with Gasteiger partial charge in [-0.25, -0.2) is 4.68 Å². The lowest BCUT2D eigenvalue weighted by atomic mass is 10.1. The molecule has 1 aromatic heterocycles. The number of aryl methyl sites for hydroxylation is 2. The summed E-state index contributed by atoms with van der Waals surface area (Å²) in [4.78, 5) is 11.9. The van der Waals surface area contributed by atoms with Gasteiger partial charge in [-0.15, -0.1) is 0 Å². The second kappa shape index (κ2) is 4.09. The topological polar surface area (TPSA) is 72.7 Å². The SMILES string of the molecule is Cc1ccccc1C(=O)Nc1nnnn1C. The van der Waals surface area contributed by atoms with Crippen molar-refractivity contribution in [3.63, 3.8) is 0 Å². The molecule has 2 rings (SSSR count). The number of nitrogens with zero attached hydrogens (tertiary/aromatic N) is 4. The van der Waals surface area contributed by atoms with Crippen molar-refractivity contribution >= 4 is 11.9 Å². The summed E-state index contributed by atoms with van der Waals surface area (Å²) in [6.07, 6.45) is 0. The Morgan fingerprint density at radius 3 is 2.75 bits per heavy atom. The molecule has 1 heterocycles. The average Bonchev–Trinajstić information content (AvgIpc) is 2.65. The zero-order valence-electron chi connectivity index (χ0n) is 9.01. The first-order valence-electron chi connectivity index (χ1n) is 4.78. The van der Waals surface area contributed by atoms with Crippen molar-refractivity contribution in [1.29, 1.82) is 0 Å². The van der Waals surface area contributed by atoms with Crippen LogP contribution in [0.3, 0.4) is 0 Å². The summed E-state index contributed by atoms with van der Waals surface area (Å²) in [6.45, 7) is 1.88. The third kappa shape index (κ3) is 1.90. The Morgan fingerprint density at radius 1 is 1.38 bits per heavy atom. The monoisotopic (exact) mass is 217 g/mol. The quantitative estimate of drug-likeness (QED) is 0.806. The minimum absolute atomic E-state index is 0.212. The standard InChI is InChI=1S/C10H11N5O/c1-7-5-3-4-6-8(7)9(16)11-10-12-13-14-15(10)2/h3-6H,1-2H3,(H,11,12,14,16). The minimum atomic E-state index is -0.212. The largest absolute Gasteiger partial charge is 0.289 e. The number of tetrazole rings is 1. The van der Waals surface area contributed by atoms with Crippen LogP contribution < -0.4 is 5.32 Å². The Kier molecular flexibility index (Phi) is 2.63. The zero-order chi connectivity index (χ0) is 11.5. The van der Waals surface area contributed by atoms with E-state index in [-0.39, 0.29) is 5.91 Å². The maximum absolute atomic E-state index is 11.9. The van der Waals surface area contributed by atoms with E-state index in [1.807, 2.05) is 25.1 Å². The van der Waals surface area contributed by atoms with Crippen LogP contribution in [0.5, 0.6) is 0 Å². The predicted molar refractivity (Wildman–Crippen MR) is 57.9 cm³/mol. The molecule has 0 saturated heterocycles. The third-order valence-corrected chi connectivity index (χ3v) is 2.24. The highest BCUT2D eigenvalue weighted by molar-refractivity contribution is 6.04. The molecule has 16 heavy (non-hydrogen) atoms. The van der Waals surface area contributed by atoms with Crippen LogP contribution in [0.4, 0.5) is 5.95 Å². The summed E-state index contributed by atoms with van der Waals surface area (Å²) in [6, 6.07) is 7.34. The van der Waals surface area contributed by atoms with Gasteiger partial charge in [-0.05, 0) is 29.0 Å². The molecule has 0 spiro atoms. The molecule has 0 atom stereocenters. The first kappa shape index (κ1) is 10.3. The molecule has 6 heteroatoms. The molecule has 6 nitrogen and oxygen atoms in total. The van der Waals surface area contributed by atoms with E-state index in [2.05, 4.69) is 20.8 Å². The van der Waals surface area contributed by atoms with Gasteiger partial charge in [0.1, 0.15) is 0 Å². The van der Waals surface area contributed by atoms with E-state index in [9.17, 15) is 4.79 Å². The second-order valence-electron chi connectivity index (χ2n) is 3.40. The van der Waals surface area contributed by atoms with Gasteiger partial charge in [-0.3, -0.25) is 10.1 Å². The zero-order valence-corrected chi connectivity index (χ0v) is 9.01. The molecule has 2 aromatic rings. The van der Waals surface area contributed by atoms with Gasteiger partial charge in [0.05, 0.1) is 0 Å². The molecule has 0 aliphatic carbocycles. The number of aromatic nitrogens is 4. The van der Waals surface area contributed by atoms with Gasteiger partial charge in [0.2, 0.25) is 5.95 Å². The summed E-state index contributed by atoms with van der Waals surface area (Å²) >= 11 is 0. The van der Waals surface area contributed by atoms with E-state index in [4.69, 9.17) is 0 Å². The normalized spacial score (nSPS) is 10.1. The van der Waals surface area contributed by atoms with Crippen molar-refractivity contribution in [3.05, 3.63) is 35.4 Å². The number of benzene rings is 1. The number of carbonyl (C=O) groups excluding carboxylic acids is 1. The number of nitrogens with one attached hydrogen (secondary N) is 1. The summed E-state index contributed by atoms with van der Waals surface area (Å²) < 4.78 is 1.40. The summed E-state index contributed by atoms with van der Waals surface area (Å²) in [7, 11) is 1.66. The van der Waals surface area contributed by atoms with Crippen LogP contribution in [0.15, 0.2) is 24.3 Å². The lowest BCUT2D eigenvalue weighted by Crippen LogP contribution is -2.16. The number of anilines is 1. The molecule has 1 amide bonds. The number of hydrogen-bond donors (Lipinski definition) is 1. The van der Waals surface area contributed by atoms with Crippen LogP contribution in [-0.4, -0.2) is 26.1 Å². The maximum atomic E-state index is 11.9. The fourth-order valence-corrected chi connectivity index (χ4v) is 1.33. The van der Waals surface area contributed by atoms with E-state index in [1.54, 1.807) is 13.1 Å². The van der Waals surface area contributed by atoms with Crippen LogP contribution in [0.1, 0.15) is 15.9 Å². The van der Waals surface area contributed by atoms with Gasteiger partial charge in [-0.1, -0.05) is 23.3 Å². The summed E-state index contributed by atoms with van der Waals surface area (Å²) in [5, 5.41) is 13.4. The Balaban J connectivity index is 2.22. The Labute approximate surface area is 92.3 Å². The van der Waals surface area contributed by atoms with Crippen LogP contribution in [0.2, 0.25) is 0 Å². The molecule has 0 aliphatic rings. The Bertz CT molecular complexity index is 519. The van der Waals surface area contributed by atoms with E-state index in [0.717, 1.165) is 5.56 Å². The molecule has 1 N–H and O–H groups in total. The molecular weight excluding hydrogens is 206 g/mol. The number of amides is 1. The van der Waals surface area contributed by atoms with Crippen LogP contribution in [0, 0.1) is 6.92 Å². The highest BCUT2D eigenvalue weighted by atomic mass is 16.1. The molecule has 0 radical (unpaired) electrons. The fourth-order valence-electron chi connectivity index (χ4n) is 1.33. The number of hydrogen-bond acceptors (Lipinski definition) is 4. The first-order chi connectivity index (χ1) is 7.68. The predicted octanol–water partition coefficient (Wildman–Crippen LogP) is 0.771. The van der Waals surface area contributed by atoms with Crippen LogP contribution >= 0.6 is 0 Å². The molecular formula is C10H11N5O. The smallest absolute Gasteiger partial charge is 0.258 e. The Morgan fingerprint density at radius 2 is 2.12 bits per heavy atom. The van der Waals surface area contributed by atoms with Crippen molar-refractivity contribution in [2.75, 3.05) is 5.32 Å². The van der Waals surface area contributed by atoms with E-state index < -0.39 is 0 Å². The summed E-state index contributed by atoms with van der Waals surface area (Å²) in [5.41, 5.74) is 1.53. The lowest BCUT2D eigenvalue weighted by Gasteiger charge is -2.05. The average molecular weight is 217 g/mol. The van der Waals surface area contributed by atoms with Gasteiger partial charge in [0.15, 0.2) is 0 Å². The van der Waals surface area contributed by atoms with Crippen molar-refractivity contribution in [2.24, 2.45) is 7.05 Å². The maximum Gasteiger partial charge on any atom is 0.258 e. The highest BCUT2D eigenvalue weighted by Crippen LogP contribution is 2.09. The van der Waals surface area contributed by atoms with Gasteiger partial charge < -0.3 is 0 Å². The van der Waals surface area contributed by atoms with Gasteiger partial charge in [0.25, 0.3) is 5.91 Å². The van der Waals surface area contributed by atoms with Gasteiger partial charge in [-0.2, -0.15) is 0 Å². The molecule has 0 aliphatic heterocycles. The molecule has 0 saturated carbocycles. The molecule has 0 bridgehead atoms. The van der Waals surface area contributed by atoms with E-state index in [1.165, 1.54) is 4.68 Å². The second-order valence-corrected chi connectivity index (χ2v) is 3.40. The summed E-state index contributed by atoms with van der Waals surface area (Å²) in [5.74, 6) is 0.115. The van der Waals surface area contributed by atoms with Gasteiger partial charge in [0, 0.05) is 12.6 Å². The number of carbonyl (C=O) groups is 1. The van der Waals surface area contributed by atoms with Crippen LogP contribution in [0.25, 0.3) is 0 Å². The van der Waals surface area contributed by atoms with Crippen LogP contribution in [-0.2, 0) is 7.05 Å². The molecule has 0 unspecified atom stereocenters. The van der Waals surface area contributed by atoms with Crippen molar-refractivity contribution < 1.29 is 4.79 Å². The molecule has 1 aromatic carbocycles. The van der Waals surface area contributed by atoms with Gasteiger partial charge >= 0.3 is 0 Å². The van der Waals surface area contributed by atoms with Crippen molar-refractivity contribution in [1.82, 2.24) is 20.2 Å². The van der Waals surface area contributed by atoms with E-state index in [0.29, 0.717) is 11.5 Å². The van der Waals surface area contributed by atoms with Crippen molar-refractivity contribution in [2.45, 2.75) is 6.92 Å². The Hall–Kier alpha value is -2.24. The first-order valence-corrected chi connectivity index (χ1v) is 4.78. The van der Waals surface area contributed by atoms with E-state index >= 15 is 0 Å². The molecule has 0 fully saturated rings. The molecule has 82 valence electrons. The van der Waals surface area contributed by atoms with Crippen molar-refractivity contribution in [3.8, 4) is 0 Å². The minimum Gasteiger partial charge on any atom is -0.289 e. The lowest BCUT2D eigenvalue weighted by molar-refractivity contribution is 0.102. The third-order valence-electron chi connectivity index (χ3n) is 2.24. The fraction of sp³-hybridized carbons (Fsp3) is 0.200. The highest BCUT2D eigenvalue weighted by Gasteiger charge is 2.11. The number of rotatable bonds is 2.